The van der Waals surface area contributed by atoms with Crippen LogP contribution in [0.25, 0.3) is 5.82 Å². The third kappa shape index (κ3) is 1.96. The van der Waals surface area contributed by atoms with Crippen molar-refractivity contribution in [1.29, 1.82) is 0 Å². The maximum absolute atomic E-state index is 11.1. The molecule has 0 aliphatic heterocycles. The maximum Gasteiger partial charge on any atom is 0.252 e. The summed E-state index contributed by atoms with van der Waals surface area (Å²) in [6.07, 6.45) is 6.82. The summed E-state index contributed by atoms with van der Waals surface area (Å²) >= 11 is 0. The predicted octanol–water partition coefficient (Wildman–Crippen LogP) is 0.908. The molecule has 5 heteroatoms. The average Bonchev–Trinajstić information content (AvgIpc) is 2.66. The topological polar surface area (TPSA) is 63.6 Å². The highest BCUT2D eigenvalue weighted by molar-refractivity contribution is 5.22. The Labute approximate surface area is 86.8 Å². The molecule has 0 spiro atoms. The number of hydrogen-bond donors (Lipinski definition) is 1. The molecule has 78 valence electrons. The van der Waals surface area contributed by atoms with Crippen LogP contribution in [0.4, 0.5) is 0 Å². The number of aromatic nitrogens is 4. The Balaban J connectivity index is 2.44. The van der Waals surface area contributed by atoms with E-state index in [1.807, 2.05) is 10.8 Å². The molecule has 0 aliphatic rings. The van der Waals surface area contributed by atoms with Gasteiger partial charge in [0.1, 0.15) is 11.6 Å². The number of imidazole rings is 1. The fourth-order valence-corrected chi connectivity index (χ4v) is 1.44. The number of aryl methyl sites for hydroxylation is 1. The summed E-state index contributed by atoms with van der Waals surface area (Å²) < 4.78 is 1.83. The van der Waals surface area contributed by atoms with Crippen molar-refractivity contribution in [2.45, 2.75) is 19.8 Å². The molecule has 0 atom stereocenters. The lowest BCUT2D eigenvalue weighted by Crippen LogP contribution is -2.10. The summed E-state index contributed by atoms with van der Waals surface area (Å²) in [5, 5.41) is 0. The number of nitrogens with one attached hydrogen (secondary N) is 1. The van der Waals surface area contributed by atoms with Crippen LogP contribution in [0.2, 0.25) is 0 Å². The van der Waals surface area contributed by atoms with E-state index in [1.54, 1.807) is 6.20 Å². The Morgan fingerprint density at radius 3 is 3.07 bits per heavy atom. The van der Waals surface area contributed by atoms with Crippen LogP contribution in [-0.4, -0.2) is 19.5 Å². The molecule has 2 aromatic heterocycles. The van der Waals surface area contributed by atoms with Crippen molar-refractivity contribution in [2.24, 2.45) is 0 Å². The van der Waals surface area contributed by atoms with Gasteiger partial charge < -0.3 is 4.98 Å². The van der Waals surface area contributed by atoms with Crippen LogP contribution >= 0.6 is 0 Å². The van der Waals surface area contributed by atoms with E-state index >= 15 is 0 Å². The molecule has 2 rings (SSSR count). The van der Waals surface area contributed by atoms with Gasteiger partial charge in [0, 0.05) is 24.9 Å². The number of nitrogens with zero attached hydrogens (tertiary/aromatic N) is 3. The number of H-pyrrole nitrogens is 1. The van der Waals surface area contributed by atoms with E-state index in [0.717, 1.165) is 18.7 Å². The molecule has 0 saturated heterocycles. The lowest BCUT2D eigenvalue weighted by Gasteiger charge is -2.04. The fourth-order valence-electron chi connectivity index (χ4n) is 1.44. The minimum atomic E-state index is -0.156. The SMILES string of the molecule is CCCc1nccn1-c1cc(=O)[nH]cn1. The van der Waals surface area contributed by atoms with E-state index in [4.69, 9.17) is 0 Å². The van der Waals surface area contributed by atoms with Crippen molar-refractivity contribution in [1.82, 2.24) is 19.5 Å². The lowest BCUT2D eigenvalue weighted by atomic mass is 10.3. The number of aromatic amines is 1. The molecule has 0 bridgehead atoms. The molecule has 1 N–H and O–H groups in total. The van der Waals surface area contributed by atoms with Gasteiger partial charge in [0.05, 0.1) is 6.33 Å². The van der Waals surface area contributed by atoms with E-state index < -0.39 is 0 Å². The second-order valence-electron chi connectivity index (χ2n) is 3.23. The van der Waals surface area contributed by atoms with Crippen molar-refractivity contribution in [3.05, 3.63) is 41.0 Å². The molecule has 0 saturated carbocycles. The normalized spacial score (nSPS) is 10.5. The first kappa shape index (κ1) is 9.64. The zero-order valence-corrected chi connectivity index (χ0v) is 8.47. The van der Waals surface area contributed by atoms with Gasteiger partial charge in [-0.25, -0.2) is 9.97 Å². The minimum absolute atomic E-state index is 0.156. The Kier molecular flexibility index (Phi) is 2.62. The molecular weight excluding hydrogens is 192 g/mol. The first-order chi connectivity index (χ1) is 7.31. The quantitative estimate of drug-likeness (QED) is 0.808. The smallest absolute Gasteiger partial charge is 0.252 e. The Hall–Kier alpha value is -1.91. The van der Waals surface area contributed by atoms with Gasteiger partial charge in [0.2, 0.25) is 0 Å². The standard InChI is InChI=1S/C10H12N4O/c1-2-3-8-11-4-5-14(8)9-6-10(15)13-7-12-9/h4-7H,2-3H2,1H3,(H,12,13,15). The fraction of sp³-hybridized carbons (Fsp3) is 0.300. The van der Waals surface area contributed by atoms with Gasteiger partial charge in [0.15, 0.2) is 0 Å². The summed E-state index contributed by atoms with van der Waals surface area (Å²) in [6.45, 7) is 2.09. The van der Waals surface area contributed by atoms with E-state index in [0.29, 0.717) is 5.82 Å². The van der Waals surface area contributed by atoms with Crippen LogP contribution in [0.15, 0.2) is 29.6 Å². The molecule has 0 fully saturated rings. The third-order valence-corrected chi connectivity index (χ3v) is 2.10. The van der Waals surface area contributed by atoms with Crippen molar-refractivity contribution in [2.75, 3.05) is 0 Å². The van der Waals surface area contributed by atoms with Crippen LogP contribution in [0.1, 0.15) is 19.2 Å². The van der Waals surface area contributed by atoms with Crippen LogP contribution in [0, 0.1) is 0 Å². The molecule has 2 heterocycles. The Morgan fingerprint density at radius 1 is 1.47 bits per heavy atom. The Morgan fingerprint density at radius 2 is 2.33 bits per heavy atom. The van der Waals surface area contributed by atoms with Crippen molar-refractivity contribution < 1.29 is 0 Å². The zero-order valence-electron chi connectivity index (χ0n) is 8.47. The van der Waals surface area contributed by atoms with E-state index in [2.05, 4.69) is 21.9 Å². The summed E-state index contributed by atoms with van der Waals surface area (Å²) in [5.74, 6) is 1.54. The van der Waals surface area contributed by atoms with Crippen molar-refractivity contribution in [3.63, 3.8) is 0 Å². The summed E-state index contributed by atoms with van der Waals surface area (Å²) in [5.41, 5.74) is -0.156. The predicted molar refractivity (Wildman–Crippen MR) is 56.0 cm³/mol. The molecule has 0 unspecified atom stereocenters. The van der Waals surface area contributed by atoms with Crippen LogP contribution in [0.5, 0.6) is 0 Å². The van der Waals surface area contributed by atoms with Gasteiger partial charge in [0.25, 0.3) is 5.56 Å². The average molecular weight is 204 g/mol. The van der Waals surface area contributed by atoms with Crippen molar-refractivity contribution in [3.8, 4) is 5.82 Å². The van der Waals surface area contributed by atoms with Crippen LogP contribution < -0.4 is 5.56 Å². The summed E-state index contributed by atoms with van der Waals surface area (Å²) in [7, 11) is 0. The van der Waals surface area contributed by atoms with E-state index in [9.17, 15) is 4.79 Å². The van der Waals surface area contributed by atoms with Gasteiger partial charge in [-0.1, -0.05) is 6.92 Å². The molecular formula is C10H12N4O. The summed E-state index contributed by atoms with van der Waals surface area (Å²) in [4.78, 5) is 21.9. The maximum atomic E-state index is 11.1. The molecule has 0 amide bonds. The minimum Gasteiger partial charge on any atom is -0.313 e. The molecule has 15 heavy (non-hydrogen) atoms. The second-order valence-corrected chi connectivity index (χ2v) is 3.23. The molecule has 2 aromatic rings. The monoisotopic (exact) mass is 204 g/mol. The van der Waals surface area contributed by atoms with E-state index in [1.165, 1.54) is 12.4 Å². The Bertz CT molecular complexity index is 500. The number of hydrogen-bond acceptors (Lipinski definition) is 3. The third-order valence-electron chi connectivity index (χ3n) is 2.10. The zero-order chi connectivity index (χ0) is 10.7. The van der Waals surface area contributed by atoms with Crippen molar-refractivity contribution >= 4 is 0 Å². The molecule has 0 radical (unpaired) electrons. The van der Waals surface area contributed by atoms with Gasteiger partial charge in [-0.3, -0.25) is 9.36 Å². The lowest BCUT2D eigenvalue weighted by molar-refractivity contribution is 0.794. The highest BCUT2D eigenvalue weighted by Crippen LogP contribution is 2.06. The van der Waals surface area contributed by atoms with Gasteiger partial charge in [-0.2, -0.15) is 0 Å². The van der Waals surface area contributed by atoms with Crippen LogP contribution in [-0.2, 0) is 6.42 Å². The second kappa shape index (κ2) is 4.08. The number of rotatable bonds is 3. The molecule has 0 aliphatic carbocycles. The highest BCUT2D eigenvalue weighted by atomic mass is 16.1. The first-order valence-corrected chi connectivity index (χ1v) is 4.88. The van der Waals surface area contributed by atoms with Gasteiger partial charge in [-0.15, -0.1) is 0 Å². The van der Waals surface area contributed by atoms with E-state index in [-0.39, 0.29) is 5.56 Å². The van der Waals surface area contributed by atoms with Gasteiger partial charge >= 0.3 is 0 Å². The first-order valence-electron chi connectivity index (χ1n) is 4.88. The van der Waals surface area contributed by atoms with Crippen LogP contribution in [0.3, 0.4) is 0 Å². The largest absolute Gasteiger partial charge is 0.313 e. The van der Waals surface area contributed by atoms with Gasteiger partial charge in [-0.05, 0) is 6.42 Å². The molecule has 0 aromatic carbocycles. The summed E-state index contributed by atoms with van der Waals surface area (Å²) in [6, 6.07) is 1.46. The molecule has 5 nitrogen and oxygen atoms in total. The highest BCUT2D eigenvalue weighted by Gasteiger charge is 2.04.